The Morgan fingerprint density at radius 1 is 1.10 bits per heavy atom. The number of carboxylic acids is 1. The molecule has 0 spiro atoms. The van der Waals surface area contributed by atoms with E-state index in [4.69, 9.17) is 5.14 Å². The Morgan fingerprint density at radius 3 is 2.16 bits per heavy atom. The summed E-state index contributed by atoms with van der Waals surface area (Å²) in [6.45, 7) is 1.31. The average Bonchev–Trinajstić information content (AvgIpc) is 2.66. The van der Waals surface area contributed by atoms with Crippen molar-refractivity contribution in [2.45, 2.75) is 34.7 Å². The minimum Gasteiger partial charge on any atom is -0.481 e. The number of benzene rings is 2. The molecule has 2 aromatic rings. The monoisotopic (exact) mass is 480 g/mol. The molecule has 0 aliphatic heterocycles. The van der Waals surface area contributed by atoms with E-state index in [1.54, 1.807) is 30.3 Å². The second-order valence-electron chi connectivity index (χ2n) is 6.72. The molecule has 0 bridgehead atoms. The molecular weight excluding hydrogens is 461 g/mol. The van der Waals surface area contributed by atoms with Crippen LogP contribution in [0.1, 0.15) is 12.5 Å². The van der Waals surface area contributed by atoms with E-state index in [0.717, 1.165) is 12.1 Å². The lowest BCUT2D eigenvalue weighted by atomic mass is 9.94. The summed E-state index contributed by atoms with van der Waals surface area (Å²) < 4.78 is 86.9. The number of primary sulfonamides is 1. The van der Waals surface area contributed by atoms with Crippen molar-refractivity contribution < 1.29 is 39.9 Å². The second kappa shape index (κ2) is 8.85. The van der Waals surface area contributed by atoms with Gasteiger partial charge in [0.05, 0.1) is 16.5 Å². The fraction of sp³-hybridized carbons (Fsp3) is 0.278. The lowest BCUT2D eigenvalue weighted by Gasteiger charge is -2.25. The molecule has 0 aliphatic carbocycles. The van der Waals surface area contributed by atoms with E-state index >= 15 is 0 Å². The first kappa shape index (κ1) is 24.6. The Balaban J connectivity index is 2.62. The zero-order valence-electron chi connectivity index (χ0n) is 16.0. The lowest BCUT2D eigenvalue weighted by Crippen LogP contribution is -2.35. The first-order chi connectivity index (χ1) is 14.1. The van der Waals surface area contributed by atoms with E-state index in [-0.39, 0.29) is 6.42 Å². The maximum Gasteiger partial charge on any atom is 0.501 e. The molecule has 2 aromatic carbocycles. The van der Waals surface area contributed by atoms with Crippen molar-refractivity contribution in [3.63, 3.8) is 0 Å². The highest BCUT2D eigenvalue weighted by molar-refractivity contribution is 7.92. The molecule has 0 amide bonds. The molecule has 2 rings (SSSR count). The van der Waals surface area contributed by atoms with Crippen LogP contribution in [0.5, 0.6) is 0 Å². The topological polar surface area (TPSA) is 144 Å². The summed E-state index contributed by atoms with van der Waals surface area (Å²) in [7, 11) is -10.5. The number of anilines is 1. The van der Waals surface area contributed by atoms with Crippen LogP contribution in [-0.2, 0) is 31.1 Å². The maximum atomic E-state index is 13.2. The summed E-state index contributed by atoms with van der Waals surface area (Å²) in [5, 5.41) is 16.8. The highest BCUT2D eigenvalue weighted by atomic mass is 32.2. The van der Waals surface area contributed by atoms with E-state index < -0.39 is 58.8 Å². The van der Waals surface area contributed by atoms with Crippen LogP contribution in [0.25, 0.3) is 0 Å². The summed E-state index contributed by atoms with van der Waals surface area (Å²) in [5.41, 5.74) is -5.68. The standard InChI is InChI=1S/C18H19F3N2O6S2/c1-11(17(24)25)15(9-12-5-3-2-4-6-12)23-14-8-7-13(31(22,28)29)10-16(14)30(26,27)18(19,20)21/h2-8,10-11,15,23H,9H2,1H3,(H,24,25)(H2,22,28,29). The predicted molar refractivity (Wildman–Crippen MR) is 105 cm³/mol. The summed E-state index contributed by atoms with van der Waals surface area (Å²) in [6.07, 6.45) is 0.0384. The van der Waals surface area contributed by atoms with E-state index in [2.05, 4.69) is 5.32 Å². The highest BCUT2D eigenvalue weighted by Gasteiger charge is 2.48. The van der Waals surface area contributed by atoms with Gasteiger partial charge < -0.3 is 10.4 Å². The Kier molecular flexibility index (Phi) is 7.03. The van der Waals surface area contributed by atoms with Crippen LogP contribution in [0.15, 0.2) is 58.3 Å². The number of aliphatic carboxylic acids is 1. The number of hydrogen-bond donors (Lipinski definition) is 3. The van der Waals surface area contributed by atoms with Gasteiger partial charge in [-0.15, -0.1) is 0 Å². The van der Waals surface area contributed by atoms with Gasteiger partial charge in [-0.05, 0) is 37.1 Å². The Hall–Kier alpha value is -2.64. The molecule has 31 heavy (non-hydrogen) atoms. The first-order valence-corrected chi connectivity index (χ1v) is 11.7. The van der Waals surface area contributed by atoms with E-state index in [0.29, 0.717) is 11.6 Å². The van der Waals surface area contributed by atoms with Crippen molar-refractivity contribution in [3.8, 4) is 0 Å². The number of rotatable bonds is 8. The third-order valence-electron chi connectivity index (χ3n) is 4.51. The Bertz CT molecular complexity index is 1170. The molecule has 0 saturated carbocycles. The zero-order valence-corrected chi connectivity index (χ0v) is 17.6. The third kappa shape index (κ3) is 5.74. The average molecular weight is 480 g/mol. The van der Waals surface area contributed by atoms with Crippen molar-refractivity contribution in [1.82, 2.24) is 0 Å². The summed E-state index contributed by atoms with van der Waals surface area (Å²) in [6, 6.07) is 9.32. The number of nitrogens with one attached hydrogen (secondary N) is 1. The Labute approximate surface area is 176 Å². The van der Waals surface area contributed by atoms with Crippen molar-refractivity contribution in [1.29, 1.82) is 0 Å². The predicted octanol–water partition coefficient (Wildman–Crippen LogP) is 2.37. The quantitative estimate of drug-likeness (QED) is 0.526. The van der Waals surface area contributed by atoms with Gasteiger partial charge >= 0.3 is 11.5 Å². The largest absolute Gasteiger partial charge is 0.501 e. The van der Waals surface area contributed by atoms with Crippen LogP contribution in [0.3, 0.4) is 0 Å². The van der Waals surface area contributed by atoms with Crippen molar-refractivity contribution >= 4 is 31.5 Å². The number of sulfonamides is 1. The van der Waals surface area contributed by atoms with Gasteiger partial charge in [0.2, 0.25) is 10.0 Å². The SMILES string of the molecule is CC(C(=O)O)C(Cc1ccccc1)Nc1ccc(S(N)(=O)=O)cc1S(=O)(=O)C(F)(F)F. The number of sulfone groups is 1. The number of alkyl halides is 3. The molecule has 0 aromatic heterocycles. The summed E-state index contributed by atoms with van der Waals surface area (Å²) >= 11 is 0. The van der Waals surface area contributed by atoms with Crippen LogP contribution < -0.4 is 10.5 Å². The van der Waals surface area contributed by atoms with Gasteiger partial charge in [0.25, 0.3) is 9.84 Å². The lowest BCUT2D eigenvalue weighted by molar-refractivity contribution is -0.141. The van der Waals surface area contributed by atoms with Gasteiger partial charge in [0.15, 0.2) is 0 Å². The maximum absolute atomic E-state index is 13.2. The normalized spacial score (nSPS) is 14.6. The van der Waals surface area contributed by atoms with Crippen LogP contribution in [0.4, 0.5) is 18.9 Å². The fourth-order valence-corrected chi connectivity index (χ4v) is 4.30. The molecule has 0 saturated heterocycles. The van der Waals surface area contributed by atoms with Crippen LogP contribution in [0.2, 0.25) is 0 Å². The smallest absolute Gasteiger partial charge is 0.481 e. The molecule has 13 heteroatoms. The van der Waals surface area contributed by atoms with Gasteiger partial charge in [0.1, 0.15) is 4.90 Å². The van der Waals surface area contributed by atoms with Crippen molar-refractivity contribution in [3.05, 3.63) is 54.1 Å². The van der Waals surface area contributed by atoms with Gasteiger partial charge in [-0.25, -0.2) is 22.0 Å². The minimum atomic E-state index is -5.98. The molecule has 2 unspecified atom stereocenters. The third-order valence-corrected chi connectivity index (χ3v) is 6.95. The zero-order chi connectivity index (χ0) is 23.6. The Morgan fingerprint density at radius 2 is 1.68 bits per heavy atom. The molecule has 0 aliphatic rings. The van der Waals surface area contributed by atoms with E-state index in [1.807, 2.05) is 0 Å². The fourth-order valence-electron chi connectivity index (χ4n) is 2.74. The molecule has 0 fully saturated rings. The molecule has 8 nitrogen and oxygen atoms in total. The minimum absolute atomic E-state index is 0.0384. The number of nitrogens with two attached hydrogens (primary N) is 1. The second-order valence-corrected chi connectivity index (χ2v) is 10.2. The number of hydrogen-bond acceptors (Lipinski definition) is 6. The first-order valence-electron chi connectivity index (χ1n) is 8.66. The van der Waals surface area contributed by atoms with Crippen molar-refractivity contribution in [2.75, 3.05) is 5.32 Å². The number of carboxylic acid groups (broad SMARTS) is 1. The molecule has 2 atom stereocenters. The molecule has 0 heterocycles. The van der Waals surface area contributed by atoms with E-state index in [9.17, 15) is 39.9 Å². The van der Waals surface area contributed by atoms with Crippen molar-refractivity contribution in [2.24, 2.45) is 11.1 Å². The van der Waals surface area contributed by atoms with Crippen LogP contribution in [0, 0.1) is 5.92 Å². The number of carbonyl (C=O) groups is 1. The van der Waals surface area contributed by atoms with Crippen LogP contribution in [-0.4, -0.2) is 39.5 Å². The molecule has 4 N–H and O–H groups in total. The summed E-state index contributed by atoms with van der Waals surface area (Å²) in [5.74, 6) is -2.41. The van der Waals surface area contributed by atoms with Gasteiger partial charge in [0, 0.05) is 6.04 Å². The van der Waals surface area contributed by atoms with Gasteiger partial charge in [-0.3, -0.25) is 4.79 Å². The molecule has 0 radical (unpaired) electrons. The van der Waals surface area contributed by atoms with Gasteiger partial charge in [-0.2, -0.15) is 13.2 Å². The highest BCUT2D eigenvalue weighted by Crippen LogP contribution is 2.36. The van der Waals surface area contributed by atoms with Crippen LogP contribution >= 0.6 is 0 Å². The number of halogens is 3. The van der Waals surface area contributed by atoms with Gasteiger partial charge in [-0.1, -0.05) is 30.3 Å². The molecule has 170 valence electrons. The summed E-state index contributed by atoms with van der Waals surface area (Å²) in [4.78, 5) is 9.30. The van der Waals surface area contributed by atoms with E-state index in [1.165, 1.54) is 6.92 Å². The molecular formula is C18H19F3N2O6S2.